The van der Waals surface area contributed by atoms with Gasteiger partial charge in [-0.2, -0.15) is 0 Å². The largest absolute Gasteiger partial charge is 0.497 e. The molecular weight excluding hydrogens is 338 g/mol. The summed E-state index contributed by atoms with van der Waals surface area (Å²) in [6, 6.07) is 5.35. The molecule has 0 radical (unpaired) electrons. The van der Waals surface area contributed by atoms with Crippen molar-refractivity contribution in [2.24, 2.45) is 5.41 Å². The normalized spacial score (nSPS) is 23.8. The van der Waals surface area contributed by atoms with Gasteiger partial charge in [-0.05, 0) is 13.0 Å². The van der Waals surface area contributed by atoms with E-state index in [-0.39, 0.29) is 30.8 Å². The number of nitrogens with one attached hydrogen (secondary N) is 1. The second-order valence-corrected chi connectivity index (χ2v) is 6.81. The summed E-state index contributed by atoms with van der Waals surface area (Å²) >= 11 is 0. The van der Waals surface area contributed by atoms with E-state index in [0.717, 1.165) is 11.3 Å². The monoisotopic (exact) mass is 357 g/mol. The number of ether oxygens (including phenoxy) is 2. The van der Waals surface area contributed by atoms with Crippen LogP contribution in [0, 0.1) is 12.3 Å². The fourth-order valence-electron chi connectivity index (χ4n) is 3.82. The van der Waals surface area contributed by atoms with E-state index in [9.17, 15) is 14.7 Å². The van der Waals surface area contributed by atoms with E-state index in [1.807, 2.05) is 13.0 Å². The number of imidazole rings is 1. The number of aromatic nitrogens is 2. The molecule has 0 bridgehead atoms. The molecule has 8 heteroatoms. The zero-order valence-corrected chi connectivity index (χ0v) is 14.5. The predicted octanol–water partition coefficient (Wildman–Crippen LogP) is 1.43. The Morgan fingerprint density at radius 2 is 2.27 bits per heavy atom. The molecule has 2 atom stereocenters. The maximum Gasteiger partial charge on any atom is 0.315 e. The molecule has 1 aromatic carbocycles. The number of benzene rings is 1. The fraction of sp³-hybridized carbons (Fsp3) is 0.389. The van der Waals surface area contributed by atoms with Crippen molar-refractivity contribution in [3.63, 3.8) is 0 Å². The minimum Gasteiger partial charge on any atom is -0.497 e. The van der Waals surface area contributed by atoms with Crippen LogP contribution in [0.2, 0.25) is 0 Å². The summed E-state index contributed by atoms with van der Waals surface area (Å²) < 4.78 is 11.0. The fourth-order valence-corrected chi connectivity index (χ4v) is 3.82. The first-order chi connectivity index (χ1) is 12.4. The second kappa shape index (κ2) is 5.76. The van der Waals surface area contributed by atoms with Gasteiger partial charge in [0.2, 0.25) is 0 Å². The Kier molecular flexibility index (Phi) is 3.64. The lowest BCUT2D eigenvalue weighted by atomic mass is 9.73. The number of amides is 1. The lowest BCUT2D eigenvalue weighted by Gasteiger charge is -2.35. The number of aryl methyl sites for hydroxylation is 1. The molecule has 2 aromatic rings. The molecule has 2 N–H and O–H groups in total. The Morgan fingerprint density at radius 3 is 2.92 bits per heavy atom. The molecule has 26 heavy (non-hydrogen) atoms. The highest BCUT2D eigenvalue weighted by molar-refractivity contribution is 5.92. The molecule has 0 saturated carbocycles. The summed E-state index contributed by atoms with van der Waals surface area (Å²) in [6.45, 7) is 2.20. The number of nitrogens with zero attached hydrogens (tertiary/aromatic N) is 2. The van der Waals surface area contributed by atoms with Crippen LogP contribution in [0.15, 0.2) is 24.4 Å². The molecule has 4 rings (SSSR count). The molecule has 1 amide bonds. The third kappa shape index (κ3) is 2.33. The zero-order chi connectivity index (χ0) is 18.5. The summed E-state index contributed by atoms with van der Waals surface area (Å²) in [5.41, 5.74) is 0.392. The van der Waals surface area contributed by atoms with Crippen LogP contribution >= 0.6 is 0 Å². The van der Waals surface area contributed by atoms with Crippen molar-refractivity contribution in [1.29, 1.82) is 0 Å². The van der Waals surface area contributed by atoms with E-state index < -0.39 is 11.4 Å². The van der Waals surface area contributed by atoms with Crippen molar-refractivity contribution in [3.05, 3.63) is 41.5 Å². The smallest absolute Gasteiger partial charge is 0.315 e. The Balaban J connectivity index is 1.71. The Bertz CT molecular complexity index is 893. The van der Waals surface area contributed by atoms with Crippen LogP contribution in [-0.4, -0.2) is 58.7 Å². The number of carboxylic acids is 1. The van der Waals surface area contributed by atoms with Gasteiger partial charge in [-0.1, -0.05) is 6.07 Å². The summed E-state index contributed by atoms with van der Waals surface area (Å²) in [6.07, 6.45) is 1.58. The van der Waals surface area contributed by atoms with Crippen molar-refractivity contribution >= 4 is 11.9 Å². The third-order valence-corrected chi connectivity index (χ3v) is 5.24. The molecule has 3 heterocycles. The summed E-state index contributed by atoms with van der Waals surface area (Å²) in [4.78, 5) is 33.4. The molecule has 1 aromatic heterocycles. The molecule has 8 nitrogen and oxygen atoms in total. The second-order valence-electron chi connectivity index (χ2n) is 6.81. The van der Waals surface area contributed by atoms with Crippen molar-refractivity contribution in [2.45, 2.75) is 12.8 Å². The summed E-state index contributed by atoms with van der Waals surface area (Å²) in [7, 11) is 1.56. The molecule has 1 saturated heterocycles. The van der Waals surface area contributed by atoms with E-state index in [4.69, 9.17) is 9.47 Å². The van der Waals surface area contributed by atoms with Gasteiger partial charge in [0.15, 0.2) is 5.82 Å². The first-order valence-electron chi connectivity index (χ1n) is 8.29. The molecule has 136 valence electrons. The number of hydrogen-bond donors (Lipinski definition) is 2. The number of carboxylic acid groups (broad SMARTS) is 1. The van der Waals surface area contributed by atoms with Gasteiger partial charge in [0.05, 0.1) is 7.11 Å². The van der Waals surface area contributed by atoms with Crippen LogP contribution in [0.25, 0.3) is 0 Å². The molecule has 0 aliphatic carbocycles. The van der Waals surface area contributed by atoms with Gasteiger partial charge < -0.3 is 24.5 Å². The standard InChI is InChI=1S/C18H19N3O5/c1-10-6-19-15(20-10)16(22)21-7-13-12-4-3-11(25-2)5-14(12)26-9-18(13,8-21)17(23)24/h3-6,13H,7-9H2,1-2H3,(H,19,20)(H,23,24)/t13-,18-/m1/s1. The number of fused-ring (bicyclic) bond motifs is 3. The van der Waals surface area contributed by atoms with Crippen molar-refractivity contribution in [1.82, 2.24) is 14.9 Å². The predicted molar refractivity (Wildman–Crippen MR) is 90.5 cm³/mol. The highest BCUT2D eigenvalue weighted by Crippen LogP contribution is 2.50. The number of hydrogen-bond acceptors (Lipinski definition) is 5. The maximum atomic E-state index is 12.8. The highest BCUT2D eigenvalue weighted by atomic mass is 16.5. The van der Waals surface area contributed by atoms with Crippen molar-refractivity contribution in [2.75, 3.05) is 26.8 Å². The molecule has 2 aliphatic heterocycles. The number of H-pyrrole nitrogens is 1. The van der Waals surface area contributed by atoms with E-state index in [1.165, 1.54) is 0 Å². The van der Waals surface area contributed by atoms with Gasteiger partial charge in [0, 0.05) is 42.5 Å². The maximum absolute atomic E-state index is 12.8. The number of rotatable bonds is 3. The van der Waals surface area contributed by atoms with Crippen molar-refractivity contribution in [3.8, 4) is 11.5 Å². The number of carbonyl (C=O) groups excluding carboxylic acids is 1. The van der Waals surface area contributed by atoms with Crippen LogP contribution in [0.1, 0.15) is 27.8 Å². The number of likely N-dealkylation sites (tertiary alicyclic amines) is 1. The minimum absolute atomic E-state index is 0.00807. The molecular formula is C18H19N3O5. The van der Waals surface area contributed by atoms with Crippen LogP contribution in [0.3, 0.4) is 0 Å². The quantitative estimate of drug-likeness (QED) is 0.861. The van der Waals surface area contributed by atoms with E-state index >= 15 is 0 Å². The number of aromatic amines is 1. The highest BCUT2D eigenvalue weighted by Gasteiger charge is 2.57. The molecule has 0 unspecified atom stereocenters. The first kappa shape index (κ1) is 16.4. The summed E-state index contributed by atoms with van der Waals surface area (Å²) in [5, 5.41) is 9.93. The van der Waals surface area contributed by atoms with E-state index in [2.05, 4.69) is 9.97 Å². The van der Waals surface area contributed by atoms with Crippen LogP contribution in [0.5, 0.6) is 11.5 Å². The average Bonchev–Trinajstić information content (AvgIpc) is 3.25. The number of aliphatic carboxylic acids is 1. The van der Waals surface area contributed by atoms with Gasteiger partial charge in [-0.3, -0.25) is 9.59 Å². The van der Waals surface area contributed by atoms with Crippen LogP contribution in [0.4, 0.5) is 0 Å². The SMILES string of the molecule is COc1ccc2c(c1)OC[C@]1(C(=O)O)CN(C(=O)c3ncc(C)[nH]3)C[C@H]21. The summed E-state index contributed by atoms with van der Waals surface area (Å²) in [5.74, 6) is -0.150. The Morgan fingerprint density at radius 1 is 1.46 bits per heavy atom. The Hall–Kier alpha value is -3.03. The molecule has 1 fully saturated rings. The zero-order valence-electron chi connectivity index (χ0n) is 14.5. The van der Waals surface area contributed by atoms with Gasteiger partial charge in [0.25, 0.3) is 5.91 Å². The van der Waals surface area contributed by atoms with Gasteiger partial charge in [-0.25, -0.2) is 4.98 Å². The topological polar surface area (TPSA) is 105 Å². The third-order valence-electron chi connectivity index (χ3n) is 5.24. The average molecular weight is 357 g/mol. The van der Waals surface area contributed by atoms with E-state index in [0.29, 0.717) is 18.0 Å². The number of methoxy groups -OCH3 is 1. The van der Waals surface area contributed by atoms with Crippen LogP contribution < -0.4 is 9.47 Å². The van der Waals surface area contributed by atoms with Crippen molar-refractivity contribution < 1.29 is 24.2 Å². The number of carbonyl (C=O) groups is 2. The Labute approximate surface area is 149 Å². The van der Waals surface area contributed by atoms with Gasteiger partial charge >= 0.3 is 5.97 Å². The van der Waals surface area contributed by atoms with Gasteiger partial charge in [-0.15, -0.1) is 0 Å². The minimum atomic E-state index is -1.17. The van der Waals surface area contributed by atoms with Gasteiger partial charge in [0.1, 0.15) is 23.5 Å². The first-order valence-corrected chi connectivity index (χ1v) is 8.29. The molecule has 0 spiro atoms. The molecule has 2 aliphatic rings. The van der Waals surface area contributed by atoms with Crippen LogP contribution in [-0.2, 0) is 4.79 Å². The van der Waals surface area contributed by atoms with E-state index in [1.54, 1.807) is 30.3 Å². The lowest BCUT2D eigenvalue weighted by Crippen LogP contribution is -2.46. The lowest BCUT2D eigenvalue weighted by molar-refractivity contribution is -0.151.